The van der Waals surface area contributed by atoms with Crippen LogP contribution in [0.3, 0.4) is 0 Å². The van der Waals surface area contributed by atoms with Gasteiger partial charge in [-0.05, 0) is 91.3 Å². The average molecular weight is 739 g/mol. The molecule has 6 atom stereocenters. The van der Waals surface area contributed by atoms with E-state index in [1.54, 1.807) is 29.0 Å². The zero-order chi connectivity index (χ0) is 35.6. The standard InChI is InChI=1S/C40H50O9S2/c1-22-8-10-26-28-18-24(43)9-11-27(28)35-31(47-14-13-41)19-32-36(37(35)29(26)20-42)30(21-51-50-15-12-22)38(44)40(49-32)23-16-33(46-2)39(45)34(17-23)48-25-6-4-3-5-7-25/h9,11,16-19,22,25-26,29-30,38,40-45H,3-8,10,12-15,20-21H2,1-2H3. The van der Waals surface area contributed by atoms with E-state index in [-0.39, 0.29) is 60.9 Å². The molecule has 3 aromatic rings. The van der Waals surface area contributed by atoms with Crippen molar-refractivity contribution in [2.75, 3.05) is 38.4 Å². The first-order valence-electron chi connectivity index (χ1n) is 18.4. The van der Waals surface area contributed by atoms with Gasteiger partial charge in [0.25, 0.3) is 0 Å². The lowest BCUT2D eigenvalue weighted by molar-refractivity contribution is 0.00373. The van der Waals surface area contributed by atoms with Crippen LogP contribution in [-0.2, 0) is 0 Å². The van der Waals surface area contributed by atoms with Crippen LogP contribution in [0.15, 0.2) is 36.4 Å². The monoisotopic (exact) mass is 738 g/mol. The van der Waals surface area contributed by atoms with Gasteiger partial charge < -0.3 is 44.5 Å². The van der Waals surface area contributed by atoms with E-state index >= 15 is 0 Å². The van der Waals surface area contributed by atoms with E-state index in [2.05, 4.69) is 6.92 Å². The highest BCUT2D eigenvalue weighted by atomic mass is 33.1. The molecule has 7 rings (SSSR count). The molecule has 0 amide bonds. The molecule has 4 aliphatic rings. The fourth-order valence-corrected chi connectivity index (χ4v) is 11.2. The van der Waals surface area contributed by atoms with Gasteiger partial charge in [0, 0.05) is 46.1 Å². The topological polar surface area (TPSA) is 138 Å². The number of ether oxygens (including phenoxy) is 4. The normalized spacial score (nSPS) is 26.5. The van der Waals surface area contributed by atoms with Gasteiger partial charge in [0.2, 0.25) is 5.75 Å². The first-order chi connectivity index (χ1) is 24.8. The lowest BCUT2D eigenvalue weighted by Crippen LogP contribution is -2.37. The number of hydrogen-bond donors (Lipinski definition) is 5. The van der Waals surface area contributed by atoms with E-state index in [1.807, 2.05) is 29.0 Å². The fourth-order valence-electron chi connectivity index (χ4n) is 8.61. The molecule has 1 fully saturated rings. The Hall–Kier alpha value is -2.96. The molecule has 2 heterocycles. The smallest absolute Gasteiger partial charge is 0.200 e. The molecule has 6 unspecified atom stereocenters. The summed E-state index contributed by atoms with van der Waals surface area (Å²) in [6.07, 6.45) is 6.17. The molecule has 9 nitrogen and oxygen atoms in total. The minimum Gasteiger partial charge on any atom is -0.508 e. The number of hydrogen-bond acceptors (Lipinski definition) is 11. The predicted molar refractivity (Wildman–Crippen MR) is 201 cm³/mol. The van der Waals surface area contributed by atoms with Crippen LogP contribution in [0, 0.1) is 5.92 Å². The molecular formula is C40H50O9S2. The molecule has 0 aromatic heterocycles. The number of fused-ring (bicyclic) bond motifs is 4. The largest absolute Gasteiger partial charge is 0.508 e. The van der Waals surface area contributed by atoms with Crippen LogP contribution in [0.5, 0.6) is 34.5 Å². The fraction of sp³-hybridized carbons (Fsp3) is 0.550. The van der Waals surface area contributed by atoms with Crippen molar-refractivity contribution in [1.82, 2.24) is 0 Å². The van der Waals surface area contributed by atoms with Crippen molar-refractivity contribution >= 4 is 21.6 Å². The molecule has 11 heteroatoms. The number of phenolic OH excluding ortho intramolecular Hbond substituents is 2. The summed E-state index contributed by atoms with van der Waals surface area (Å²) in [6.45, 7) is 2.01. The third-order valence-electron chi connectivity index (χ3n) is 11.2. The summed E-state index contributed by atoms with van der Waals surface area (Å²) in [7, 11) is 5.06. The van der Waals surface area contributed by atoms with E-state index in [1.165, 1.54) is 13.5 Å². The number of aliphatic hydroxyl groups excluding tert-OH is 3. The van der Waals surface area contributed by atoms with Crippen molar-refractivity contribution in [3.63, 3.8) is 0 Å². The molecule has 0 spiro atoms. The number of phenols is 2. The second-order valence-electron chi connectivity index (χ2n) is 14.5. The van der Waals surface area contributed by atoms with Gasteiger partial charge in [-0.25, -0.2) is 0 Å². The van der Waals surface area contributed by atoms with E-state index in [0.717, 1.165) is 78.5 Å². The Kier molecular flexibility index (Phi) is 11.4. The summed E-state index contributed by atoms with van der Waals surface area (Å²) >= 11 is 0. The average Bonchev–Trinajstić information content (AvgIpc) is 3.14. The third kappa shape index (κ3) is 7.21. The Labute approximate surface area is 308 Å². The minimum absolute atomic E-state index is 0.0139. The Balaban J connectivity index is 1.41. The van der Waals surface area contributed by atoms with E-state index in [0.29, 0.717) is 34.5 Å². The lowest BCUT2D eigenvalue weighted by Gasteiger charge is -2.43. The van der Waals surface area contributed by atoms with Crippen LogP contribution in [-0.4, -0.2) is 76.2 Å². The lowest BCUT2D eigenvalue weighted by atomic mass is 9.66. The number of rotatable bonds is 8. The van der Waals surface area contributed by atoms with Crippen LogP contribution in [0.4, 0.5) is 0 Å². The van der Waals surface area contributed by atoms with Crippen LogP contribution in [0.1, 0.15) is 104 Å². The highest BCUT2D eigenvalue weighted by Crippen LogP contribution is 2.60. The molecule has 51 heavy (non-hydrogen) atoms. The predicted octanol–water partition coefficient (Wildman–Crippen LogP) is 7.81. The number of methoxy groups -OCH3 is 1. The van der Waals surface area contributed by atoms with Crippen LogP contribution in [0.25, 0.3) is 11.1 Å². The molecule has 0 saturated heterocycles. The molecule has 5 N–H and O–H groups in total. The highest BCUT2D eigenvalue weighted by molar-refractivity contribution is 8.76. The zero-order valence-corrected chi connectivity index (χ0v) is 31.0. The van der Waals surface area contributed by atoms with Crippen LogP contribution in [0.2, 0.25) is 0 Å². The van der Waals surface area contributed by atoms with Crippen LogP contribution < -0.4 is 18.9 Å². The molecule has 1 saturated carbocycles. The first kappa shape index (κ1) is 36.4. The van der Waals surface area contributed by atoms with Crippen molar-refractivity contribution in [2.24, 2.45) is 5.92 Å². The SMILES string of the molecule is COc1cc(C2Oc3cc(OCCO)c4c5c3C(CSSCCC(C)CCC(c3cc(O)ccc3-4)C5CO)C2O)cc(OC2CCCCC2)c1O. The van der Waals surface area contributed by atoms with Crippen molar-refractivity contribution < 1.29 is 44.5 Å². The summed E-state index contributed by atoms with van der Waals surface area (Å²) in [4.78, 5) is 0. The Morgan fingerprint density at radius 1 is 0.863 bits per heavy atom. The maximum Gasteiger partial charge on any atom is 0.200 e. The van der Waals surface area contributed by atoms with Crippen molar-refractivity contribution in [1.29, 1.82) is 0 Å². The van der Waals surface area contributed by atoms with Crippen molar-refractivity contribution in [2.45, 2.75) is 94.4 Å². The van der Waals surface area contributed by atoms with Crippen LogP contribution >= 0.6 is 21.6 Å². The summed E-state index contributed by atoms with van der Waals surface area (Å²) in [5.74, 6) is 2.98. The second-order valence-corrected chi connectivity index (χ2v) is 17.1. The van der Waals surface area contributed by atoms with Gasteiger partial charge in [-0.2, -0.15) is 0 Å². The van der Waals surface area contributed by atoms with E-state index < -0.39 is 12.2 Å². The van der Waals surface area contributed by atoms with Gasteiger partial charge in [0.05, 0.1) is 26.4 Å². The maximum absolute atomic E-state index is 12.5. The molecule has 276 valence electrons. The molecule has 2 aliphatic heterocycles. The van der Waals surface area contributed by atoms with Gasteiger partial charge in [0.1, 0.15) is 30.0 Å². The van der Waals surface area contributed by atoms with Gasteiger partial charge in [0.15, 0.2) is 17.6 Å². The van der Waals surface area contributed by atoms with Gasteiger partial charge in [-0.3, -0.25) is 0 Å². The molecule has 2 aliphatic carbocycles. The van der Waals surface area contributed by atoms with E-state index in [4.69, 9.17) is 18.9 Å². The molecule has 0 radical (unpaired) electrons. The third-order valence-corrected chi connectivity index (χ3v) is 13.7. The van der Waals surface area contributed by atoms with Gasteiger partial charge in [-0.15, -0.1) is 0 Å². The molecule has 3 aromatic carbocycles. The van der Waals surface area contributed by atoms with Gasteiger partial charge in [-0.1, -0.05) is 47.4 Å². The Bertz CT molecular complexity index is 1690. The number of aliphatic hydroxyl groups is 3. The maximum atomic E-state index is 12.5. The highest BCUT2D eigenvalue weighted by Gasteiger charge is 2.46. The summed E-state index contributed by atoms with van der Waals surface area (Å²) < 4.78 is 25.1. The summed E-state index contributed by atoms with van der Waals surface area (Å²) in [5.41, 5.74) is 5.07. The van der Waals surface area contributed by atoms with Crippen molar-refractivity contribution in [3.05, 3.63) is 58.7 Å². The number of aromatic hydroxyl groups is 2. The summed E-state index contributed by atoms with van der Waals surface area (Å²) in [5, 5.41) is 55.4. The van der Waals surface area contributed by atoms with Gasteiger partial charge >= 0.3 is 0 Å². The Morgan fingerprint density at radius 2 is 1.67 bits per heavy atom. The molecular weight excluding hydrogens is 689 g/mol. The minimum atomic E-state index is -0.987. The molecule has 2 bridgehead atoms. The number of benzene rings is 3. The van der Waals surface area contributed by atoms with Crippen molar-refractivity contribution in [3.8, 4) is 45.6 Å². The summed E-state index contributed by atoms with van der Waals surface area (Å²) in [6, 6.07) is 10.8. The second kappa shape index (κ2) is 16.0. The Morgan fingerprint density at radius 3 is 2.43 bits per heavy atom. The first-order valence-corrected chi connectivity index (χ1v) is 20.9. The zero-order valence-electron chi connectivity index (χ0n) is 29.4. The quantitative estimate of drug-likeness (QED) is 0.145. The van der Waals surface area contributed by atoms with E-state index in [9.17, 15) is 25.5 Å².